The minimum Gasteiger partial charge on any atom is -0.481 e. The molecular formula is C16H20FNO3. The van der Waals surface area contributed by atoms with Crippen molar-refractivity contribution in [3.05, 3.63) is 35.6 Å². The van der Waals surface area contributed by atoms with Crippen molar-refractivity contribution in [1.29, 1.82) is 0 Å². The fourth-order valence-electron chi connectivity index (χ4n) is 2.83. The van der Waals surface area contributed by atoms with Crippen LogP contribution in [0.25, 0.3) is 0 Å². The van der Waals surface area contributed by atoms with Crippen molar-refractivity contribution in [1.82, 2.24) is 4.90 Å². The van der Waals surface area contributed by atoms with E-state index in [0.29, 0.717) is 18.5 Å². The zero-order chi connectivity index (χ0) is 15.2. The van der Waals surface area contributed by atoms with E-state index >= 15 is 0 Å². The number of amides is 1. The molecule has 1 atom stereocenters. The largest absolute Gasteiger partial charge is 0.481 e. The molecule has 0 aliphatic carbocycles. The molecule has 0 unspecified atom stereocenters. The zero-order valence-electron chi connectivity index (χ0n) is 11.9. The second-order valence-corrected chi connectivity index (χ2v) is 5.44. The monoisotopic (exact) mass is 293 g/mol. The maximum Gasteiger partial charge on any atom is 0.303 e. The van der Waals surface area contributed by atoms with E-state index in [9.17, 15) is 14.0 Å². The van der Waals surface area contributed by atoms with E-state index < -0.39 is 5.97 Å². The van der Waals surface area contributed by atoms with Gasteiger partial charge in [0.15, 0.2) is 0 Å². The normalized spacial score (nSPS) is 18.5. The number of benzene rings is 1. The molecule has 2 rings (SSSR count). The highest BCUT2D eigenvalue weighted by Gasteiger charge is 2.27. The number of carbonyl (C=O) groups excluding carboxylic acids is 1. The number of halogens is 1. The van der Waals surface area contributed by atoms with Gasteiger partial charge >= 0.3 is 5.97 Å². The number of nitrogens with zero attached hydrogens (tertiary/aromatic N) is 1. The van der Waals surface area contributed by atoms with Gasteiger partial charge in [-0.1, -0.05) is 18.2 Å². The molecule has 114 valence electrons. The van der Waals surface area contributed by atoms with Gasteiger partial charge in [0.2, 0.25) is 5.91 Å². The summed E-state index contributed by atoms with van der Waals surface area (Å²) in [4.78, 5) is 24.8. The first-order valence-corrected chi connectivity index (χ1v) is 7.32. The first-order valence-electron chi connectivity index (χ1n) is 7.32. The van der Waals surface area contributed by atoms with Crippen LogP contribution in [0.1, 0.15) is 37.7 Å². The van der Waals surface area contributed by atoms with Gasteiger partial charge in [-0.25, -0.2) is 4.39 Å². The van der Waals surface area contributed by atoms with Gasteiger partial charge in [-0.2, -0.15) is 0 Å². The smallest absolute Gasteiger partial charge is 0.303 e. The summed E-state index contributed by atoms with van der Waals surface area (Å²) in [5, 5.41) is 8.79. The quantitative estimate of drug-likeness (QED) is 0.908. The lowest BCUT2D eigenvalue weighted by atomic mass is 9.97. The average molecular weight is 293 g/mol. The molecule has 1 aromatic carbocycles. The second kappa shape index (κ2) is 7.20. The average Bonchev–Trinajstić information content (AvgIpc) is 2.47. The fourth-order valence-corrected chi connectivity index (χ4v) is 2.83. The summed E-state index contributed by atoms with van der Waals surface area (Å²) < 4.78 is 13.6. The third-order valence-electron chi connectivity index (χ3n) is 3.94. The molecule has 1 fully saturated rings. The summed E-state index contributed by atoms with van der Waals surface area (Å²) in [6.07, 6.45) is 3.33. The Morgan fingerprint density at radius 1 is 1.29 bits per heavy atom. The molecule has 21 heavy (non-hydrogen) atoms. The number of hydrogen-bond acceptors (Lipinski definition) is 2. The number of rotatable bonds is 5. The van der Waals surface area contributed by atoms with Crippen LogP contribution >= 0.6 is 0 Å². The second-order valence-electron chi connectivity index (χ2n) is 5.44. The van der Waals surface area contributed by atoms with E-state index in [-0.39, 0.29) is 30.6 Å². The van der Waals surface area contributed by atoms with Crippen molar-refractivity contribution in [2.45, 2.75) is 44.6 Å². The number of carbonyl (C=O) groups is 2. The Morgan fingerprint density at radius 3 is 2.76 bits per heavy atom. The van der Waals surface area contributed by atoms with Gasteiger partial charge in [0.25, 0.3) is 0 Å². The van der Waals surface area contributed by atoms with Crippen LogP contribution in [0.5, 0.6) is 0 Å². The maximum absolute atomic E-state index is 13.6. The third-order valence-corrected chi connectivity index (χ3v) is 3.94. The van der Waals surface area contributed by atoms with Crippen LogP contribution in [0.15, 0.2) is 24.3 Å². The molecule has 0 radical (unpaired) electrons. The van der Waals surface area contributed by atoms with Crippen molar-refractivity contribution in [2.75, 3.05) is 6.54 Å². The molecule has 1 amide bonds. The van der Waals surface area contributed by atoms with Crippen LogP contribution in [0, 0.1) is 5.82 Å². The number of carboxylic acids is 1. The number of aliphatic carboxylic acids is 1. The lowest BCUT2D eigenvalue weighted by Gasteiger charge is -2.35. The maximum atomic E-state index is 13.6. The van der Waals surface area contributed by atoms with E-state index in [4.69, 9.17) is 5.11 Å². The van der Waals surface area contributed by atoms with E-state index in [0.717, 1.165) is 19.3 Å². The third kappa shape index (κ3) is 4.28. The molecule has 5 heteroatoms. The Labute approximate surface area is 123 Å². The number of piperidine rings is 1. The molecule has 1 aliphatic heterocycles. The predicted molar refractivity (Wildman–Crippen MR) is 76.3 cm³/mol. The number of likely N-dealkylation sites (tertiary alicyclic amines) is 1. The Morgan fingerprint density at radius 2 is 2.05 bits per heavy atom. The van der Waals surface area contributed by atoms with Crippen LogP contribution in [-0.4, -0.2) is 34.5 Å². The van der Waals surface area contributed by atoms with Gasteiger partial charge in [0, 0.05) is 19.0 Å². The molecule has 1 aliphatic rings. The van der Waals surface area contributed by atoms with Gasteiger partial charge in [-0.15, -0.1) is 0 Å². The van der Waals surface area contributed by atoms with E-state index in [1.807, 2.05) is 0 Å². The SMILES string of the molecule is O=C(O)CC[C@H]1CCCCN1C(=O)Cc1ccccc1F. The van der Waals surface area contributed by atoms with Crippen molar-refractivity contribution in [3.63, 3.8) is 0 Å². The van der Waals surface area contributed by atoms with Crippen molar-refractivity contribution in [2.24, 2.45) is 0 Å². The molecular weight excluding hydrogens is 273 g/mol. The zero-order valence-corrected chi connectivity index (χ0v) is 11.9. The summed E-state index contributed by atoms with van der Waals surface area (Å²) >= 11 is 0. The molecule has 1 saturated heterocycles. The summed E-state index contributed by atoms with van der Waals surface area (Å²) in [5.74, 6) is -1.33. The molecule has 4 nitrogen and oxygen atoms in total. The van der Waals surface area contributed by atoms with E-state index in [1.165, 1.54) is 6.07 Å². The van der Waals surface area contributed by atoms with Gasteiger partial charge in [-0.3, -0.25) is 9.59 Å². The highest BCUT2D eigenvalue weighted by atomic mass is 19.1. The van der Waals surface area contributed by atoms with Gasteiger partial charge < -0.3 is 10.0 Å². The highest BCUT2D eigenvalue weighted by molar-refractivity contribution is 5.79. The standard InChI is InChI=1S/C16H20FNO3/c17-14-7-2-1-5-12(14)11-15(19)18-10-4-3-6-13(18)8-9-16(20)21/h1-2,5,7,13H,3-4,6,8-11H2,(H,20,21)/t13-/m1/s1. The summed E-state index contributed by atoms with van der Waals surface area (Å²) in [6, 6.07) is 6.24. The Kier molecular flexibility index (Phi) is 5.31. The van der Waals surface area contributed by atoms with Crippen molar-refractivity contribution < 1.29 is 19.1 Å². The van der Waals surface area contributed by atoms with Crippen molar-refractivity contribution >= 4 is 11.9 Å². The summed E-state index contributed by atoms with van der Waals surface area (Å²) in [6.45, 7) is 0.636. The topological polar surface area (TPSA) is 57.6 Å². The minimum absolute atomic E-state index is 0.0332. The van der Waals surface area contributed by atoms with Gasteiger partial charge in [0.1, 0.15) is 5.82 Å². The molecule has 0 saturated carbocycles. The molecule has 1 N–H and O–H groups in total. The van der Waals surface area contributed by atoms with E-state index in [1.54, 1.807) is 23.1 Å². The molecule has 0 spiro atoms. The van der Waals surface area contributed by atoms with Crippen LogP contribution in [0.2, 0.25) is 0 Å². The highest BCUT2D eigenvalue weighted by Crippen LogP contribution is 2.22. The molecule has 0 aromatic heterocycles. The van der Waals surface area contributed by atoms with E-state index in [2.05, 4.69) is 0 Å². The Hall–Kier alpha value is -1.91. The summed E-state index contributed by atoms with van der Waals surface area (Å²) in [7, 11) is 0. The lowest BCUT2D eigenvalue weighted by molar-refractivity contribution is -0.139. The Balaban J connectivity index is 2.01. The first-order chi connectivity index (χ1) is 10.1. The summed E-state index contributed by atoms with van der Waals surface area (Å²) in [5.41, 5.74) is 0.394. The van der Waals surface area contributed by atoms with Crippen LogP contribution in [0.4, 0.5) is 4.39 Å². The molecule has 0 bridgehead atoms. The minimum atomic E-state index is -0.845. The Bertz CT molecular complexity index is 518. The van der Waals surface area contributed by atoms with Gasteiger partial charge in [-0.05, 0) is 37.3 Å². The van der Waals surface area contributed by atoms with Crippen LogP contribution < -0.4 is 0 Å². The molecule has 1 heterocycles. The van der Waals surface area contributed by atoms with Crippen LogP contribution in [-0.2, 0) is 16.0 Å². The number of hydrogen-bond donors (Lipinski definition) is 1. The van der Waals surface area contributed by atoms with Gasteiger partial charge in [0.05, 0.1) is 6.42 Å². The van der Waals surface area contributed by atoms with Crippen molar-refractivity contribution in [3.8, 4) is 0 Å². The van der Waals surface area contributed by atoms with Crippen LogP contribution in [0.3, 0.4) is 0 Å². The number of carboxylic acid groups (broad SMARTS) is 1. The fraction of sp³-hybridized carbons (Fsp3) is 0.500. The molecule has 1 aromatic rings. The first kappa shape index (κ1) is 15.5. The lowest BCUT2D eigenvalue weighted by Crippen LogP contribution is -2.44. The predicted octanol–water partition coefficient (Wildman–Crippen LogP) is 2.61.